The minimum absolute atomic E-state index is 0.0851. The number of ether oxygens (including phenoxy) is 3. The van der Waals surface area contributed by atoms with Crippen molar-refractivity contribution in [3.8, 4) is 0 Å². The maximum absolute atomic E-state index is 12.9. The predicted molar refractivity (Wildman–Crippen MR) is 339 cm³/mol. The number of unbranched alkanes of at least 4 members (excludes halogenated alkanes) is 36. The third kappa shape index (κ3) is 63.4. The molecule has 0 aromatic rings. The summed E-state index contributed by atoms with van der Waals surface area (Å²) in [6.07, 6.45) is 87.4. The molecule has 6 nitrogen and oxygen atoms in total. The zero-order valence-electron chi connectivity index (χ0n) is 51.7. The molecule has 6 heteroatoms. The van der Waals surface area contributed by atoms with Crippen molar-refractivity contribution in [2.45, 2.75) is 341 Å². The Labute approximate surface area is 484 Å². The minimum Gasteiger partial charge on any atom is -0.462 e. The monoisotopic (exact) mass is 1090 g/mol. The van der Waals surface area contributed by atoms with Gasteiger partial charge in [-0.2, -0.15) is 0 Å². The molecule has 0 saturated heterocycles. The van der Waals surface area contributed by atoms with Gasteiger partial charge in [0.25, 0.3) is 0 Å². The second kappa shape index (κ2) is 66.1. The van der Waals surface area contributed by atoms with Crippen molar-refractivity contribution >= 4 is 17.9 Å². The van der Waals surface area contributed by atoms with E-state index in [2.05, 4.69) is 106 Å². The van der Waals surface area contributed by atoms with Gasteiger partial charge < -0.3 is 14.2 Å². The standard InChI is InChI=1S/C72H126O6/c1-4-7-10-13-16-19-22-25-28-31-33-34-35-36-37-38-39-42-44-47-50-53-56-59-62-65-71(74)77-68-69(67-76-70(73)64-61-58-55-52-49-46-43-40-30-27-24-21-18-15-12-9-6-3)78-72(75)66-63-60-57-54-51-48-45-41-32-29-26-23-20-17-14-11-8-5-2/h9,12,18,21-22,25,27,29-33,43,46,69H,4-8,10-11,13-17,19-20,23-24,26,28,34-42,44-45,47-68H2,1-3H3/b12-9-,21-18-,25-22-,30-27-,32-29-,33-31-,46-43-. The summed E-state index contributed by atoms with van der Waals surface area (Å²) >= 11 is 0. The first kappa shape index (κ1) is 74.6. The lowest BCUT2D eigenvalue weighted by Crippen LogP contribution is -2.30. The van der Waals surface area contributed by atoms with E-state index in [-0.39, 0.29) is 31.1 Å². The second-order valence-corrected chi connectivity index (χ2v) is 22.3. The Balaban J connectivity index is 4.36. The molecular weight excluding hydrogens is 961 g/mol. The first-order valence-corrected chi connectivity index (χ1v) is 33.6. The molecule has 0 fully saturated rings. The van der Waals surface area contributed by atoms with Gasteiger partial charge in [-0.05, 0) is 116 Å². The van der Waals surface area contributed by atoms with Crippen LogP contribution in [0.2, 0.25) is 0 Å². The molecule has 0 spiro atoms. The topological polar surface area (TPSA) is 78.9 Å². The molecular formula is C72H126O6. The minimum atomic E-state index is -0.791. The Hall–Kier alpha value is -3.41. The SMILES string of the molecule is CC/C=C\C/C=C\C/C=C\C/C=C\CCCCCCC(=O)OCC(COC(=O)CCCCCCCCCCCCCCC/C=C\C/C=C\CCCCCCC)OC(=O)CCCCCCCCC/C=C\CCCCCCCCC. The van der Waals surface area contributed by atoms with Crippen LogP contribution in [0, 0.1) is 0 Å². The molecule has 1 atom stereocenters. The number of esters is 3. The summed E-state index contributed by atoms with van der Waals surface area (Å²) in [6, 6.07) is 0. The highest BCUT2D eigenvalue weighted by Gasteiger charge is 2.19. The average molecular weight is 1090 g/mol. The lowest BCUT2D eigenvalue weighted by atomic mass is 10.0. The summed E-state index contributed by atoms with van der Waals surface area (Å²) < 4.78 is 16.9. The summed E-state index contributed by atoms with van der Waals surface area (Å²) in [5, 5.41) is 0. The van der Waals surface area contributed by atoms with Crippen LogP contribution in [0.25, 0.3) is 0 Å². The summed E-state index contributed by atoms with van der Waals surface area (Å²) in [4.78, 5) is 38.4. The van der Waals surface area contributed by atoms with Crippen LogP contribution in [-0.2, 0) is 28.6 Å². The maximum Gasteiger partial charge on any atom is 0.306 e. The van der Waals surface area contributed by atoms with Gasteiger partial charge in [0.1, 0.15) is 13.2 Å². The molecule has 0 aliphatic rings. The van der Waals surface area contributed by atoms with Gasteiger partial charge in [0.15, 0.2) is 6.10 Å². The van der Waals surface area contributed by atoms with Crippen LogP contribution in [0.15, 0.2) is 85.1 Å². The van der Waals surface area contributed by atoms with Crippen LogP contribution in [0.3, 0.4) is 0 Å². The predicted octanol–water partition coefficient (Wildman–Crippen LogP) is 23.1. The first-order valence-electron chi connectivity index (χ1n) is 33.6. The average Bonchev–Trinajstić information content (AvgIpc) is 3.44. The van der Waals surface area contributed by atoms with Gasteiger partial charge in [0, 0.05) is 19.3 Å². The fourth-order valence-corrected chi connectivity index (χ4v) is 9.58. The van der Waals surface area contributed by atoms with E-state index >= 15 is 0 Å². The highest BCUT2D eigenvalue weighted by atomic mass is 16.6. The Morgan fingerprint density at radius 1 is 0.269 bits per heavy atom. The maximum atomic E-state index is 12.9. The van der Waals surface area contributed by atoms with Crippen molar-refractivity contribution in [1.82, 2.24) is 0 Å². The Morgan fingerprint density at radius 2 is 0.500 bits per heavy atom. The molecule has 0 aromatic heterocycles. The molecule has 1 unspecified atom stereocenters. The van der Waals surface area contributed by atoms with Crippen LogP contribution < -0.4 is 0 Å². The lowest BCUT2D eigenvalue weighted by molar-refractivity contribution is -0.167. The number of carbonyl (C=O) groups excluding carboxylic acids is 3. The van der Waals surface area contributed by atoms with Gasteiger partial charge in [-0.15, -0.1) is 0 Å². The van der Waals surface area contributed by atoms with E-state index in [4.69, 9.17) is 14.2 Å². The zero-order valence-corrected chi connectivity index (χ0v) is 51.7. The molecule has 0 saturated carbocycles. The molecule has 0 rings (SSSR count). The van der Waals surface area contributed by atoms with E-state index in [0.29, 0.717) is 19.3 Å². The van der Waals surface area contributed by atoms with Crippen LogP contribution in [0.4, 0.5) is 0 Å². The normalized spacial score (nSPS) is 12.6. The van der Waals surface area contributed by atoms with Crippen LogP contribution in [-0.4, -0.2) is 37.2 Å². The van der Waals surface area contributed by atoms with E-state index in [1.807, 2.05) is 0 Å². The van der Waals surface area contributed by atoms with Gasteiger partial charge in [-0.3, -0.25) is 14.4 Å². The number of hydrogen-bond donors (Lipinski definition) is 0. The van der Waals surface area contributed by atoms with Gasteiger partial charge in [0.2, 0.25) is 0 Å². The molecule has 0 aliphatic carbocycles. The highest BCUT2D eigenvalue weighted by molar-refractivity contribution is 5.71. The Morgan fingerprint density at radius 3 is 0.795 bits per heavy atom. The van der Waals surface area contributed by atoms with Crippen molar-refractivity contribution in [3.63, 3.8) is 0 Å². The summed E-state index contributed by atoms with van der Waals surface area (Å²) in [6.45, 7) is 6.53. The third-order valence-corrected chi connectivity index (χ3v) is 14.6. The van der Waals surface area contributed by atoms with Gasteiger partial charge in [-0.25, -0.2) is 0 Å². The molecule has 0 heterocycles. The molecule has 0 N–H and O–H groups in total. The highest BCUT2D eigenvalue weighted by Crippen LogP contribution is 2.17. The van der Waals surface area contributed by atoms with Crippen molar-refractivity contribution in [2.75, 3.05) is 13.2 Å². The molecule has 0 aromatic carbocycles. The molecule has 0 aliphatic heterocycles. The fourth-order valence-electron chi connectivity index (χ4n) is 9.58. The number of carbonyl (C=O) groups is 3. The molecule has 0 bridgehead atoms. The summed E-state index contributed by atoms with van der Waals surface area (Å²) in [5.41, 5.74) is 0. The Kier molecular flexibility index (Phi) is 63.2. The van der Waals surface area contributed by atoms with Crippen LogP contribution in [0.5, 0.6) is 0 Å². The Bertz CT molecular complexity index is 1480. The molecule has 450 valence electrons. The smallest absolute Gasteiger partial charge is 0.306 e. The lowest BCUT2D eigenvalue weighted by Gasteiger charge is -2.18. The zero-order chi connectivity index (χ0) is 56.4. The van der Waals surface area contributed by atoms with Gasteiger partial charge in [0.05, 0.1) is 0 Å². The van der Waals surface area contributed by atoms with E-state index in [0.717, 1.165) is 103 Å². The van der Waals surface area contributed by atoms with Crippen LogP contribution in [0.1, 0.15) is 335 Å². The van der Waals surface area contributed by atoms with Crippen LogP contribution >= 0.6 is 0 Å². The van der Waals surface area contributed by atoms with E-state index in [1.165, 1.54) is 193 Å². The van der Waals surface area contributed by atoms with E-state index in [1.54, 1.807) is 0 Å². The number of hydrogen-bond acceptors (Lipinski definition) is 6. The third-order valence-electron chi connectivity index (χ3n) is 14.6. The van der Waals surface area contributed by atoms with Gasteiger partial charge in [-0.1, -0.05) is 286 Å². The summed E-state index contributed by atoms with van der Waals surface area (Å²) in [7, 11) is 0. The second-order valence-electron chi connectivity index (χ2n) is 22.3. The molecule has 0 radical (unpaired) electrons. The fraction of sp³-hybridized carbons (Fsp3) is 0.764. The van der Waals surface area contributed by atoms with E-state index < -0.39 is 6.10 Å². The quantitative estimate of drug-likeness (QED) is 0.0261. The molecule has 78 heavy (non-hydrogen) atoms. The van der Waals surface area contributed by atoms with Crippen molar-refractivity contribution in [3.05, 3.63) is 85.1 Å². The summed E-state index contributed by atoms with van der Waals surface area (Å²) in [5.74, 6) is -0.900. The van der Waals surface area contributed by atoms with Crippen molar-refractivity contribution in [1.29, 1.82) is 0 Å². The van der Waals surface area contributed by atoms with Gasteiger partial charge >= 0.3 is 17.9 Å². The van der Waals surface area contributed by atoms with E-state index in [9.17, 15) is 14.4 Å². The van der Waals surface area contributed by atoms with Crippen molar-refractivity contribution < 1.29 is 28.6 Å². The largest absolute Gasteiger partial charge is 0.462 e. The van der Waals surface area contributed by atoms with Crippen molar-refractivity contribution in [2.24, 2.45) is 0 Å². The number of allylic oxidation sites excluding steroid dienone is 14. The number of rotatable bonds is 61. The molecule has 0 amide bonds. The first-order chi connectivity index (χ1) is 38.5.